The molecule has 0 radical (unpaired) electrons. The lowest BCUT2D eigenvalue weighted by Crippen LogP contribution is -2.42. The number of rotatable bonds is 7. The normalized spacial score (nSPS) is 20.9. The number of aliphatic hydroxyl groups excluding tert-OH is 1. The first-order valence-electron chi connectivity index (χ1n) is 11.5. The summed E-state index contributed by atoms with van der Waals surface area (Å²) in [5.41, 5.74) is -0.0115. The minimum Gasteiger partial charge on any atom is -0.507 e. The molecule has 0 unspecified atom stereocenters. The second-order valence-electron chi connectivity index (χ2n) is 8.78. The Bertz CT molecular complexity index is 1290. The quantitative estimate of drug-likeness (QED) is 0.339. The minimum absolute atomic E-state index is 0.000617. The van der Waals surface area contributed by atoms with Gasteiger partial charge >= 0.3 is 0 Å². The molecule has 2 aliphatic heterocycles. The molecule has 2 saturated heterocycles. The largest absolute Gasteiger partial charge is 0.507 e. The van der Waals surface area contributed by atoms with Gasteiger partial charge in [-0.25, -0.2) is 17.1 Å². The van der Waals surface area contributed by atoms with Crippen molar-refractivity contribution in [1.29, 1.82) is 0 Å². The lowest BCUT2D eigenvalue weighted by molar-refractivity contribution is -0.140. The number of halogens is 1. The van der Waals surface area contributed by atoms with Crippen molar-refractivity contribution in [2.45, 2.75) is 10.9 Å². The number of amides is 1. The molecular weight excluding hydrogens is 489 g/mol. The molecule has 0 aliphatic carbocycles. The smallest absolute Gasteiger partial charge is 0.295 e. The molecule has 1 N–H and O–H groups in total. The number of likely N-dealkylation sites (tertiary alicyclic amines) is 1. The summed E-state index contributed by atoms with van der Waals surface area (Å²) >= 11 is 0. The maximum Gasteiger partial charge on any atom is 0.295 e. The lowest BCUT2D eigenvalue weighted by atomic mass is 9.95. The van der Waals surface area contributed by atoms with Crippen LogP contribution in [0.3, 0.4) is 0 Å². The highest BCUT2D eigenvalue weighted by Crippen LogP contribution is 2.40. The number of ether oxygens (including phenoxy) is 1. The Kier molecular flexibility index (Phi) is 7.55. The van der Waals surface area contributed by atoms with Crippen LogP contribution in [0.5, 0.6) is 0 Å². The molecule has 2 aromatic carbocycles. The van der Waals surface area contributed by atoms with Crippen molar-refractivity contribution in [2.24, 2.45) is 0 Å². The average molecular weight is 518 g/mol. The number of hydrogen-bond acceptors (Lipinski definition) is 7. The molecule has 192 valence electrons. The summed E-state index contributed by atoms with van der Waals surface area (Å²) in [6, 6.07) is 10.00. The molecular formula is C25H28FN3O6S. The van der Waals surface area contributed by atoms with Gasteiger partial charge < -0.3 is 14.7 Å². The van der Waals surface area contributed by atoms with Gasteiger partial charge in [0.2, 0.25) is 10.0 Å². The van der Waals surface area contributed by atoms with Crippen molar-refractivity contribution >= 4 is 27.5 Å². The van der Waals surface area contributed by atoms with Gasteiger partial charge in [0.1, 0.15) is 11.6 Å². The maximum absolute atomic E-state index is 14.9. The van der Waals surface area contributed by atoms with Crippen LogP contribution in [0.25, 0.3) is 5.76 Å². The van der Waals surface area contributed by atoms with E-state index in [0.717, 1.165) is 4.31 Å². The predicted octanol–water partition coefficient (Wildman–Crippen LogP) is 1.83. The van der Waals surface area contributed by atoms with E-state index in [2.05, 4.69) is 4.90 Å². The summed E-state index contributed by atoms with van der Waals surface area (Å²) < 4.78 is 46.1. The second kappa shape index (κ2) is 10.5. The van der Waals surface area contributed by atoms with Gasteiger partial charge in [-0.1, -0.05) is 18.2 Å². The number of hydrogen-bond donors (Lipinski definition) is 1. The first-order valence-corrected chi connectivity index (χ1v) is 12.9. The summed E-state index contributed by atoms with van der Waals surface area (Å²) in [7, 11) is -0.903. The minimum atomic E-state index is -3.70. The van der Waals surface area contributed by atoms with Crippen molar-refractivity contribution < 1.29 is 32.2 Å². The van der Waals surface area contributed by atoms with Crippen LogP contribution in [0.4, 0.5) is 4.39 Å². The number of benzene rings is 2. The van der Waals surface area contributed by atoms with Crippen molar-refractivity contribution in [3.63, 3.8) is 0 Å². The predicted molar refractivity (Wildman–Crippen MR) is 130 cm³/mol. The first-order chi connectivity index (χ1) is 17.1. The van der Waals surface area contributed by atoms with Crippen LogP contribution in [-0.4, -0.2) is 92.8 Å². The highest BCUT2D eigenvalue weighted by molar-refractivity contribution is 7.89. The van der Waals surface area contributed by atoms with Gasteiger partial charge in [-0.15, -0.1) is 0 Å². The van der Waals surface area contributed by atoms with Crippen molar-refractivity contribution in [3.05, 3.63) is 71.0 Å². The standard InChI is InChI=1S/C25H28FN3O6S/c1-27(2)36(33,34)18-9-7-17(8-10-18)23(30)21-22(19-5-3-4-6-20(19)26)29(25(32)24(21)31)12-11-28-13-15-35-16-14-28/h3-10,22,30H,11-16H2,1-2H3/b23-21+/t22-/m1/s1. The molecule has 0 aromatic heterocycles. The zero-order valence-electron chi connectivity index (χ0n) is 20.1. The third-order valence-corrected chi connectivity index (χ3v) is 8.24. The van der Waals surface area contributed by atoms with E-state index in [1.807, 2.05) is 0 Å². The fraction of sp³-hybridized carbons (Fsp3) is 0.360. The molecule has 2 aromatic rings. The molecule has 0 spiro atoms. The Morgan fingerprint density at radius 2 is 1.69 bits per heavy atom. The zero-order valence-corrected chi connectivity index (χ0v) is 20.9. The van der Waals surface area contributed by atoms with E-state index in [0.29, 0.717) is 32.8 Å². The van der Waals surface area contributed by atoms with E-state index in [-0.39, 0.29) is 28.1 Å². The van der Waals surface area contributed by atoms with Gasteiger partial charge in [0, 0.05) is 51.4 Å². The van der Waals surface area contributed by atoms with E-state index in [1.165, 1.54) is 61.5 Å². The van der Waals surface area contributed by atoms with Crippen molar-refractivity contribution in [2.75, 3.05) is 53.5 Å². The van der Waals surface area contributed by atoms with E-state index in [9.17, 15) is 27.5 Å². The molecule has 2 aliphatic rings. The second-order valence-corrected chi connectivity index (χ2v) is 10.9. The monoisotopic (exact) mass is 517 g/mol. The highest BCUT2D eigenvalue weighted by Gasteiger charge is 2.46. The lowest BCUT2D eigenvalue weighted by Gasteiger charge is -2.31. The molecule has 0 bridgehead atoms. The third-order valence-electron chi connectivity index (χ3n) is 6.41. The number of morpholine rings is 1. The zero-order chi connectivity index (χ0) is 26.0. The number of ketones is 1. The Labute approximate surface area is 209 Å². The summed E-state index contributed by atoms with van der Waals surface area (Å²) in [5.74, 6) is -2.86. The van der Waals surface area contributed by atoms with Gasteiger partial charge in [0.05, 0.1) is 29.7 Å². The van der Waals surface area contributed by atoms with Crippen LogP contribution >= 0.6 is 0 Å². The third kappa shape index (κ3) is 4.92. The van der Waals surface area contributed by atoms with Crippen molar-refractivity contribution in [1.82, 2.24) is 14.1 Å². The molecule has 1 atom stereocenters. The van der Waals surface area contributed by atoms with E-state index >= 15 is 0 Å². The number of carbonyl (C=O) groups excluding carboxylic acids is 2. The van der Waals surface area contributed by atoms with Crippen LogP contribution in [-0.2, 0) is 24.3 Å². The molecule has 2 heterocycles. The first kappa shape index (κ1) is 26.0. The highest BCUT2D eigenvalue weighted by atomic mass is 32.2. The Morgan fingerprint density at radius 1 is 1.06 bits per heavy atom. The molecule has 4 rings (SSSR count). The summed E-state index contributed by atoms with van der Waals surface area (Å²) in [4.78, 5) is 29.6. The maximum atomic E-state index is 14.9. The number of aliphatic hydroxyl groups is 1. The van der Waals surface area contributed by atoms with Gasteiger partial charge in [0.15, 0.2) is 0 Å². The average Bonchev–Trinajstić information content (AvgIpc) is 3.12. The Balaban J connectivity index is 1.74. The van der Waals surface area contributed by atoms with Gasteiger partial charge in [0.25, 0.3) is 11.7 Å². The molecule has 0 saturated carbocycles. The SMILES string of the molecule is CN(C)S(=O)(=O)c1ccc(/C(O)=C2\C(=O)C(=O)N(CCN3CCOCC3)[C@@H]2c2ccccc2F)cc1. The van der Waals surface area contributed by atoms with E-state index in [4.69, 9.17) is 4.74 Å². The number of sulfonamides is 1. The summed E-state index contributed by atoms with van der Waals surface area (Å²) in [6.45, 7) is 3.09. The molecule has 11 heteroatoms. The van der Waals surface area contributed by atoms with Gasteiger partial charge in [-0.05, 0) is 30.3 Å². The van der Waals surface area contributed by atoms with Crippen LogP contribution in [0.2, 0.25) is 0 Å². The van der Waals surface area contributed by atoms with Crippen LogP contribution < -0.4 is 0 Å². The van der Waals surface area contributed by atoms with E-state index in [1.54, 1.807) is 6.07 Å². The molecule has 9 nitrogen and oxygen atoms in total. The fourth-order valence-corrected chi connectivity index (χ4v) is 5.26. The molecule has 1 amide bonds. The van der Waals surface area contributed by atoms with Crippen LogP contribution in [0, 0.1) is 5.82 Å². The van der Waals surface area contributed by atoms with Gasteiger partial charge in [-0.2, -0.15) is 0 Å². The van der Waals surface area contributed by atoms with E-state index < -0.39 is 39.3 Å². The Hall–Kier alpha value is -3.12. The molecule has 36 heavy (non-hydrogen) atoms. The summed E-state index contributed by atoms with van der Waals surface area (Å²) in [5, 5.41) is 11.1. The number of carbonyl (C=O) groups is 2. The fourth-order valence-electron chi connectivity index (χ4n) is 4.36. The summed E-state index contributed by atoms with van der Waals surface area (Å²) in [6.07, 6.45) is 0. The molecule has 2 fully saturated rings. The Morgan fingerprint density at radius 3 is 2.31 bits per heavy atom. The number of Topliss-reactive ketones (excluding diaryl/α,β-unsaturated/α-hetero) is 1. The van der Waals surface area contributed by atoms with Gasteiger partial charge in [-0.3, -0.25) is 14.5 Å². The van der Waals surface area contributed by atoms with Crippen molar-refractivity contribution in [3.8, 4) is 0 Å². The topological polar surface area (TPSA) is 107 Å². The van der Waals surface area contributed by atoms with Crippen LogP contribution in [0.15, 0.2) is 59.0 Å². The number of nitrogens with zero attached hydrogens (tertiary/aromatic N) is 3. The van der Waals surface area contributed by atoms with Crippen LogP contribution in [0.1, 0.15) is 17.2 Å².